The topological polar surface area (TPSA) is 3.24 Å². The summed E-state index contributed by atoms with van der Waals surface area (Å²) in [5.41, 5.74) is 3.96. The highest BCUT2D eigenvalue weighted by atomic mass is 35.5. The zero-order valence-corrected chi connectivity index (χ0v) is 13.1. The van der Waals surface area contributed by atoms with Gasteiger partial charge in [0.25, 0.3) is 0 Å². The van der Waals surface area contributed by atoms with Gasteiger partial charge in [-0.2, -0.15) is 0 Å². The summed E-state index contributed by atoms with van der Waals surface area (Å²) in [4.78, 5) is 2.58. The van der Waals surface area contributed by atoms with Gasteiger partial charge in [-0.1, -0.05) is 54.4 Å². The first-order chi connectivity index (χ1) is 10.3. The molecule has 1 aliphatic rings. The summed E-state index contributed by atoms with van der Waals surface area (Å²) in [6, 6.07) is 16.9. The smallest absolute Gasteiger partial charge is 0.0409 e. The quantitative estimate of drug-likeness (QED) is 0.765. The van der Waals surface area contributed by atoms with Crippen LogP contribution in [0.2, 0.25) is 5.02 Å². The second-order valence-corrected chi connectivity index (χ2v) is 6.26. The lowest BCUT2D eigenvalue weighted by atomic mass is 9.97. The fraction of sp³-hybridized carbons (Fsp3) is 0.368. The number of rotatable bonds is 4. The van der Waals surface area contributed by atoms with E-state index in [1.165, 1.54) is 49.0 Å². The number of hydrogen-bond acceptors (Lipinski definition) is 1. The van der Waals surface area contributed by atoms with E-state index in [-0.39, 0.29) is 0 Å². The van der Waals surface area contributed by atoms with Crippen molar-refractivity contribution >= 4 is 11.6 Å². The predicted molar refractivity (Wildman–Crippen MR) is 90.9 cm³/mol. The van der Waals surface area contributed by atoms with E-state index in [0.29, 0.717) is 0 Å². The average Bonchev–Trinajstić information content (AvgIpc) is 2.55. The van der Waals surface area contributed by atoms with Crippen LogP contribution in [0.5, 0.6) is 0 Å². The Morgan fingerprint density at radius 1 is 0.905 bits per heavy atom. The molecule has 1 saturated heterocycles. The van der Waals surface area contributed by atoms with Gasteiger partial charge in [-0.15, -0.1) is 0 Å². The van der Waals surface area contributed by atoms with Gasteiger partial charge in [0.2, 0.25) is 0 Å². The third-order valence-electron chi connectivity index (χ3n) is 4.30. The van der Waals surface area contributed by atoms with Crippen molar-refractivity contribution in [2.75, 3.05) is 19.6 Å². The first-order valence-electron chi connectivity index (χ1n) is 7.89. The van der Waals surface area contributed by atoms with E-state index in [0.717, 1.165) is 18.0 Å². The van der Waals surface area contributed by atoms with Crippen molar-refractivity contribution in [3.8, 4) is 11.1 Å². The maximum Gasteiger partial charge on any atom is 0.0409 e. The van der Waals surface area contributed by atoms with Gasteiger partial charge in [0.1, 0.15) is 0 Å². The summed E-state index contributed by atoms with van der Waals surface area (Å²) in [5, 5.41) is 0.836. The molecule has 2 aromatic carbocycles. The number of likely N-dealkylation sites (tertiary alicyclic amines) is 1. The van der Waals surface area contributed by atoms with Gasteiger partial charge >= 0.3 is 0 Å². The van der Waals surface area contributed by atoms with E-state index in [1.54, 1.807) is 0 Å². The molecule has 0 radical (unpaired) electrons. The molecule has 1 heterocycles. The molecule has 21 heavy (non-hydrogen) atoms. The van der Waals surface area contributed by atoms with Crippen LogP contribution in [-0.4, -0.2) is 24.5 Å². The molecule has 0 N–H and O–H groups in total. The van der Waals surface area contributed by atoms with Crippen LogP contribution >= 0.6 is 11.6 Å². The highest BCUT2D eigenvalue weighted by Crippen LogP contribution is 2.27. The lowest BCUT2D eigenvalue weighted by Gasteiger charge is -2.26. The standard InChI is InChI=1S/C19H22ClN/c20-18-9-10-19(16-7-3-1-4-8-16)17(15-18)11-14-21-12-5-2-6-13-21/h1,3-4,7-10,15H,2,5-6,11-14H2. The third kappa shape index (κ3) is 3.87. The van der Waals surface area contributed by atoms with E-state index >= 15 is 0 Å². The number of nitrogens with zero attached hydrogens (tertiary/aromatic N) is 1. The molecule has 0 bridgehead atoms. The zero-order chi connectivity index (χ0) is 14.5. The molecule has 0 atom stereocenters. The minimum absolute atomic E-state index is 0.836. The van der Waals surface area contributed by atoms with Crippen molar-refractivity contribution in [1.82, 2.24) is 4.90 Å². The summed E-state index contributed by atoms with van der Waals surface area (Å²) in [6.07, 6.45) is 5.16. The minimum atomic E-state index is 0.836. The Morgan fingerprint density at radius 2 is 1.67 bits per heavy atom. The molecule has 0 aliphatic carbocycles. The van der Waals surface area contributed by atoms with Crippen molar-refractivity contribution in [2.24, 2.45) is 0 Å². The molecule has 0 amide bonds. The third-order valence-corrected chi connectivity index (χ3v) is 4.53. The SMILES string of the molecule is Clc1ccc(-c2ccccc2)c(CCN2CCCCC2)c1. The van der Waals surface area contributed by atoms with E-state index in [9.17, 15) is 0 Å². The van der Waals surface area contributed by atoms with Crippen molar-refractivity contribution < 1.29 is 0 Å². The van der Waals surface area contributed by atoms with Gasteiger partial charge in [-0.25, -0.2) is 0 Å². The molecule has 0 aromatic heterocycles. The molecule has 1 aliphatic heterocycles. The van der Waals surface area contributed by atoms with Crippen LogP contribution in [0.15, 0.2) is 48.5 Å². The van der Waals surface area contributed by atoms with Crippen LogP contribution < -0.4 is 0 Å². The first kappa shape index (κ1) is 14.6. The Bertz CT molecular complexity index is 573. The normalized spacial score (nSPS) is 16.0. The molecule has 3 rings (SSSR count). The van der Waals surface area contributed by atoms with E-state index in [4.69, 9.17) is 11.6 Å². The summed E-state index contributed by atoms with van der Waals surface area (Å²) in [6.45, 7) is 3.64. The van der Waals surface area contributed by atoms with Gasteiger partial charge in [-0.3, -0.25) is 0 Å². The van der Waals surface area contributed by atoms with Crippen molar-refractivity contribution in [1.29, 1.82) is 0 Å². The molecule has 0 saturated carbocycles. The second-order valence-electron chi connectivity index (χ2n) is 5.82. The summed E-state index contributed by atoms with van der Waals surface area (Å²) >= 11 is 6.21. The van der Waals surface area contributed by atoms with Crippen LogP contribution in [0.1, 0.15) is 24.8 Å². The largest absolute Gasteiger partial charge is 0.303 e. The zero-order valence-electron chi connectivity index (χ0n) is 12.4. The highest BCUT2D eigenvalue weighted by molar-refractivity contribution is 6.30. The average molecular weight is 300 g/mol. The summed E-state index contributed by atoms with van der Waals surface area (Å²) < 4.78 is 0. The van der Waals surface area contributed by atoms with Gasteiger partial charge < -0.3 is 4.90 Å². The molecular weight excluding hydrogens is 278 g/mol. The minimum Gasteiger partial charge on any atom is -0.303 e. The van der Waals surface area contributed by atoms with Gasteiger partial charge in [0.15, 0.2) is 0 Å². The monoisotopic (exact) mass is 299 g/mol. The van der Waals surface area contributed by atoms with Crippen LogP contribution in [0.4, 0.5) is 0 Å². The summed E-state index contributed by atoms with van der Waals surface area (Å²) in [7, 11) is 0. The second kappa shape index (κ2) is 7.11. The van der Waals surface area contributed by atoms with Crippen LogP contribution in [0, 0.1) is 0 Å². The van der Waals surface area contributed by atoms with E-state index < -0.39 is 0 Å². The molecular formula is C19H22ClN. The van der Waals surface area contributed by atoms with Gasteiger partial charge in [-0.05, 0) is 61.2 Å². The van der Waals surface area contributed by atoms with E-state index in [1.807, 2.05) is 6.07 Å². The molecule has 0 spiro atoms. The number of piperidine rings is 1. The Morgan fingerprint density at radius 3 is 2.43 bits per heavy atom. The molecule has 0 unspecified atom stereocenters. The number of benzene rings is 2. The van der Waals surface area contributed by atoms with Crippen molar-refractivity contribution in [3.05, 3.63) is 59.1 Å². The highest BCUT2D eigenvalue weighted by Gasteiger charge is 2.12. The molecule has 1 nitrogen and oxygen atoms in total. The Balaban J connectivity index is 1.78. The maximum absolute atomic E-state index is 6.21. The Hall–Kier alpha value is -1.31. The molecule has 1 fully saturated rings. The molecule has 2 heteroatoms. The van der Waals surface area contributed by atoms with E-state index in [2.05, 4.69) is 47.4 Å². The fourth-order valence-corrected chi connectivity index (χ4v) is 3.32. The number of halogens is 1. The maximum atomic E-state index is 6.21. The van der Waals surface area contributed by atoms with Crippen molar-refractivity contribution in [3.63, 3.8) is 0 Å². The molecule has 110 valence electrons. The van der Waals surface area contributed by atoms with Crippen LogP contribution in [0.3, 0.4) is 0 Å². The lowest BCUT2D eigenvalue weighted by Crippen LogP contribution is -2.31. The Kier molecular flexibility index (Phi) is 4.95. The van der Waals surface area contributed by atoms with Crippen LogP contribution in [-0.2, 0) is 6.42 Å². The number of hydrogen-bond donors (Lipinski definition) is 0. The fourth-order valence-electron chi connectivity index (χ4n) is 3.13. The Labute approximate surface area is 132 Å². The lowest BCUT2D eigenvalue weighted by molar-refractivity contribution is 0.231. The van der Waals surface area contributed by atoms with Crippen molar-refractivity contribution in [2.45, 2.75) is 25.7 Å². The predicted octanol–water partition coefficient (Wildman–Crippen LogP) is 5.04. The van der Waals surface area contributed by atoms with Crippen LogP contribution in [0.25, 0.3) is 11.1 Å². The first-order valence-corrected chi connectivity index (χ1v) is 8.27. The molecule has 2 aromatic rings. The van der Waals surface area contributed by atoms with Gasteiger partial charge in [0.05, 0.1) is 0 Å². The van der Waals surface area contributed by atoms with Gasteiger partial charge in [0, 0.05) is 11.6 Å². The summed E-state index contributed by atoms with van der Waals surface area (Å²) in [5.74, 6) is 0.